The first kappa shape index (κ1) is 36.0. The molecule has 0 spiro atoms. The fourth-order valence-electron chi connectivity index (χ4n) is 5.35. The first-order valence-electron chi connectivity index (χ1n) is 16.2. The third-order valence-electron chi connectivity index (χ3n) is 8.48. The SMILES string of the molecule is C/C=C1/C=C(Nc2nc(=O)n(C(/C=C(C)\C=C(/C)CC)=C/C)c(=O)n2Cc2nc(C)c(C(C)CC)n2C)C(O)=C/C1=N/C(C)CC. The van der Waals surface area contributed by atoms with Crippen molar-refractivity contribution in [2.45, 2.75) is 107 Å². The molecular formula is C36H51N7O3. The smallest absolute Gasteiger partial charge is 0.359 e. The van der Waals surface area contributed by atoms with E-state index in [2.05, 4.69) is 38.0 Å². The fourth-order valence-corrected chi connectivity index (χ4v) is 5.35. The molecule has 0 aliphatic heterocycles. The second-order valence-corrected chi connectivity index (χ2v) is 12.0. The van der Waals surface area contributed by atoms with E-state index in [9.17, 15) is 14.7 Å². The number of aromatic nitrogens is 5. The van der Waals surface area contributed by atoms with E-state index in [0.29, 0.717) is 22.9 Å². The van der Waals surface area contributed by atoms with Crippen molar-refractivity contribution < 1.29 is 5.11 Å². The number of nitrogens with one attached hydrogen (secondary N) is 1. The molecule has 0 aromatic carbocycles. The van der Waals surface area contributed by atoms with Crippen LogP contribution in [0.5, 0.6) is 0 Å². The van der Waals surface area contributed by atoms with Crippen molar-refractivity contribution in [2.24, 2.45) is 12.0 Å². The van der Waals surface area contributed by atoms with Gasteiger partial charge in [0.1, 0.15) is 11.6 Å². The largest absolute Gasteiger partial charge is 0.506 e. The van der Waals surface area contributed by atoms with Gasteiger partial charge in [-0.05, 0) is 90.0 Å². The fraction of sp³-hybridized carbons (Fsp3) is 0.472. The molecule has 2 aromatic rings. The van der Waals surface area contributed by atoms with Gasteiger partial charge in [-0.15, -0.1) is 0 Å². The van der Waals surface area contributed by atoms with Gasteiger partial charge in [0.25, 0.3) is 0 Å². The molecule has 2 heterocycles. The van der Waals surface area contributed by atoms with E-state index >= 15 is 0 Å². The molecule has 0 saturated heterocycles. The van der Waals surface area contributed by atoms with Crippen LogP contribution in [0.4, 0.5) is 5.95 Å². The van der Waals surface area contributed by atoms with Crippen LogP contribution in [0.2, 0.25) is 0 Å². The van der Waals surface area contributed by atoms with Crippen molar-refractivity contribution in [2.75, 3.05) is 5.32 Å². The number of aliphatic hydroxyl groups is 1. The number of imidazole rings is 1. The van der Waals surface area contributed by atoms with Crippen LogP contribution < -0.4 is 16.7 Å². The number of allylic oxidation sites excluding steroid dienone is 10. The van der Waals surface area contributed by atoms with E-state index in [1.54, 1.807) is 25.2 Å². The molecule has 0 saturated carbocycles. The van der Waals surface area contributed by atoms with E-state index in [-0.39, 0.29) is 30.2 Å². The van der Waals surface area contributed by atoms with Gasteiger partial charge in [-0.2, -0.15) is 4.98 Å². The van der Waals surface area contributed by atoms with Crippen molar-refractivity contribution in [3.8, 4) is 0 Å². The molecular weight excluding hydrogens is 578 g/mol. The number of aliphatic imine (C=N–C) groups is 1. The summed E-state index contributed by atoms with van der Waals surface area (Å²) in [5.41, 5.74) is 4.93. The molecule has 0 radical (unpaired) electrons. The Morgan fingerprint density at radius 1 is 1.07 bits per heavy atom. The summed E-state index contributed by atoms with van der Waals surface area (Å²) in [6.45, 7) is 20.1. The van der Waals surface area contributed by atoms with Gasteiger partial charge in [-0.25, -0.2) is 19.1 Å². The Morgan fingerprint density at radius 2 is 1.76 bits per heavy atom. The van der Waals surface area contributed by atoms with Crippen molar-refractivity contribution in [1.82, 2.24) is 23.7 Å². The average Bonchev–Trinajstić information content (AvgIpc) is 3.30. The zero-order valence-electron chi connectivity index (χ0n) is 29.4. The van der Waals surface area contributed by atoms with Crippen molar-refractivity contribution in [3.05, 3.63) is 103 Å². The van der Waals surface area contributed by atoms with Crippen LogP contribution in [-0.2, 0) is 13.6 Å². The normalized spacial score (nSPS) is 17.8. The van der Waals surface area contributed by atoms with Crippen LogP contribution in [-0.4, -0.2) is 40.5 Å². The topological polar surface area (TPSA) is 119 Å². The molecule has 10 nitrogen and oxygen atoms in total. The molecule has 2 N–H and O–H groups in total. The van der Waals surface area contributed by atoms with Crippen molar-refractivity contribution >= 4 is 17.4 Å². The lowest BCUT2D eigenvalue weighted by molar-refractivity contribution is 0.424. The van der Waals surface area contributed by atoms with Crippen LogP contribution in [0.3, 0.4) is 0 Å². The van der Waals surface area contributed by atoms with E-state index in [4.69, 9.17) is 9.98 Å². The Labute approximate surface area is 273 Å². The Morgan fingerprint density at radius 3 is 2.35 bits per heavy atom. The summed E-state index contributed by atoms with van der Waals surface area (Å²) in [5.74, 6) is 0.846. The highest BCUT2D eigenvalue weighted by molar-refractivity contribution is 6.12. The van der Waals surface area contributed by atoms with Gasteiger partial charge in [0.2, 0.25) is 5.95 Å². The molecule has 46 heavy (non-hydrogen) atoms. The summed E-state index contributed by atoms with van der Waals surface area (Å²) in [6, 6.07) is 0.0813. The lowest BCUT2D eigenvalue weighted by Gasteiger charge is -2.20. The molecule has 2 aromatic heterocycles. The molecule has 248 valence electrons. The minimum atomic E-state index is -0.737. The Bertz CT molecular complexity index is 1790. The van der Waals surface area contributed by atoms with Gasteiger partial charge in [-0.3, -0.25) is 9.56 Å². The van der Waals surface area contributed by atoms with E-state index in [0.717, 1.165) is 46.4 Å². The van der Waals surface area contributed by atoms with Crippen LogP contribution >= 0.6 is 0 Å². The molecule has 3 rings (SSSR count). The van der Waals surface area contributed by atoms with Crippen LogP contribution in [0.25, 0.3) is 5.70 Å². The first-order valence-corrected chi connectivity index (χ1v) is 16.2. The Kier molecular flexibility index (Phi) is 12.3. The number of hydrogen-bond acceptors (Lipinski definition) is 7. The first-order chi connectivity index (χ1) is 21.8. The number of hydrogen-bond donors (Lipinski definition) is 2. The molecule has 2 unspecified atom stereocenters. The Hall–Kier alpha value is -4.47. The number of anilines is 1. The quantitative estimate of drug-likeness (QED) is 0.242. The molecule has 0 fully saturated rings. The number of rotatable bonds is 12. The van der Waals surface area contributed by atoms with Crippen LogP contribution in [0.15, 0.2) is 79.2 Å². The van der Waals surface area contributed by atoms with E-state index in [1.807, 2.05) is 64.5 Å². The zero-order chi connectivity index (χ0) is 34.3. The predicted molar refractivity (Wildman–Crippen MR) is 190 cm³/mol. The van der Waals surface area contributed by atoms with E-state index in [1.165, 1.54) is 10.1 Å². The predicted octanol–water partition coefficient (Wildman–Crippen LogP) is 7.11. The molecule has 1 aliphatic carbocycles. The summed E-state index contributed by atoms with van der Waals surface area (Å²) in [7, 11) is 1.94. The molecule has 0 amide bonds. The highest BCUT2D eigenvalue weighted by Gasteiger charge is 2.23. The lowest BCUT2D eigenvalue weighted by atomic mass is 10.0. The van der Waals surface area contributed by atoms with Crippen LogP contribution in [0, 0.1) is 6.92 Å². The zero-order valence-corrected chi connectivity index (χ0v) is 29.4. The number of nitrogens with zero attached hydrogens (tertiary/aromatic N) is 6. The monoisotopic (exact) mass is 629 g/mol. The van der Waals surface area contributed by atoms with Gasteiger partial charge in [0.15, 0.2) is 0 Å². The van der Waals surface area contributed by atoms with Gasteiger partial charge < -0.3 is 15.0 Å². The highest BCUT2D eigenvalue weighted by atomic mass is 16.3. The third kappa shape index (κ3) is 8.02. The van der Waals surface area contributed by atoms with Gasteiger partial charge >= 0.3 is 11.4 Å². The summed E-state index contributed by atoms with van der Waals surface area (Å²) >= 11 is 0. The summed E-state index contributed by atoms with van der Waals surface area (Å²) in [5, 5.41) is 14.1. The summed E-state index contributed by atoms with van der Waals surface area (Å²) < 4.78 is 4.49. The van der Waals surface area contributed by atoms with Gasteiger partial charge in [0.05, 0.1) is 29.3 Å². The van der Waals surface area contributed by atoms with Gasteiger partial charge in [0, 0.05) is 24.9 Å². The third-order valence-corrected chi connectivity index (χ3v) is 8.48. The second-order valence-electron chi connectivity index (χ2n) is 12.0. The average molecular weight is 630 g/mol. The summed E-state index contributed by atoms with van der Waals surface area (Å²) in [4.78, 5) is 41.8. The lowest BCUT2D eigenvalue weighted by Crippen LogP contribution is -2.42. The number of aliphatic hydroxyl groups excluding tert-OH is 1. The van der Waals surface area contributed by atoms with Crippen LogP contribution in [0.1, 0.15) is 105 Å². The molecule has 2 atom stereocenters. The molecule has 1 aliphatic rings. The minimum Gasteiger partial charge on any atom is -0.506 e. The maximum atomic E-state index is 14.3. The standard InChI is InChI=1S/C36H51N7O3/c1-12-22(6)17-23(7)18-28(16-5)43-35(45)40-34(39-30-19-27(15-4)29(20-31(30)44)37-25(9)14-3)42(36(43)46)21-32-38-26(10)33(41(32)11)24(8)13-2/h15-20,24-25,44H,12-14,21H2,1-11H3,(H,39,40,45)/b22-17+,23-18-,27-15-,28-16+,37-29-. The number of aryl methyl sites for hydroxylation is 1. The second kappa shape index (κ2) is 15.7. The maximum Gasteiger partial charge on any atom is 0.359 e. The highest BCUT2D eigenvalue weighted by Crippen LogP contribution is 2.25. The maximum absolute atomic E-state index is 14.3. The molecule has 0 bridgehead atoms. The molecule has 10 heteroatoms. The Balaban J connectivity index is 2.25. The van der Waals surface area contributed by atoms with E-state index < -0.39 is 11.4 Å². The van der Waals surface area contributed by atoms with Crippen molar-refractivity contribution in [1.29, 1.82) is 0 Å². The minimum absolute atomic E-state index is 0.00108. The van der Waals surface area contributed by atoms with Crippen molar-refractivity contribution in [3.63, 3.8) is 0 Å². The summed E-state index contributed by atoms with van der Waals surface area (Å²) in [6.07, 6.45) is 13.5. The van der Waals surface area contributed by atoms with Gasteiger partial charge in [-0.1, -0.05) is 51.5 Å².